The van der Waals surface area contributed by atoms with Crippen molar-refractivity contribution in [2.45, 2.75) is 6.92 Å². The molecule has 1 aromatic carbocycles. The van der Waals surface area contributed by atoms with E-state index in [1.807, 2.05) is 37.3 Å². The summed E-state index contributed by atoms with van der Waals surface area (Å²) in [4.78, 5) is 13.1. The number of aryl methyl sites for hydroxylation is 1. The van der Waals surface area contributed by atoms with E-state index in [4.69, 9.17) is 14.5 Å². The van der Waals surface area contributed by atoms with Crippen LogP contribution in [-0.2, 0) is 4.74 Å². The van der Waals surface area contributed by atoms with Gasteiger partial charge in [0.05, 0.1) is 0 Å². The van der Waals surface area contributed by atoms with Crippen LogP contribution < -0.4 is 4.74 Å². The molecule has 0 atom stereocenters. The number of aromatic nitrogens is 3. The fourth-order valence-electron chi connectivity index (χ4n) is 3.14. The number of methoxy groups -OCH3 is 1. The van der Waals surface area contributed by atoms with Gasteiger partial charge in [0.15, 0.2) is 12.5 Å². The molecule has 0 bridgehead atoms. The van der Waals surface area contributed by atoms with Gasteiger partial charge in [-0.2, -0.15) is 0 Å². The van der Waals surface area contributed by atoms with E-state index >= 15 is 0 Å². The van der Waals surface area contributed by atoms with Gasteiger partial charge in [-0.05, 0) is 60.0 Å². The Morgan fingerprint density at radius 3 is 2.07 bits per heavy atom. The maximum atomic E-state index is 5.98. The van der Waals surface area contributed by atoms with Crippen LogP contribution in [0.15, 0.2) is 67.3 Å². The third-order valence-electron chi connectivity index (χ3n) is 4.38. The number of hydrogen-bond acceptors (Lipinski definition) is 5. The molecule has 0 unspecified atom stereocenters. The highest BCUT2D eigenvalue weighted by atomic mass is 16.7. The van der Waals surface area contributed by atoms with Crippen molar-refractivity contribution in [1.82, 2.24) is 15.0 Å². The van der Waals surface area contributed by atoms with Gasteiger partial charge in [-0.1, -0.05) is 6.07 Å². The third-order valence-corrected chi connectivity index (χ3v) is 4.38. The first kappa shape index (κ1) is 17.1. The van der Waals surface area contributed by atoms with E-state index < -0.39 is 0 Å². The summed E-state index contributed by atoms with van der Waals surface area (Å²) in [6.07, 6.45) is 7.14. The average molecular weight is 357 g/mol. The van der Waals surface area contributed by atoms with Gasteiger partial charge in [-0.15, -0.1) is 0 Å². The predicted octanol–water partition coefficient (Wildman–Crippen LogP) is 4.65. The molecule has 0 amide bonds. The Kier molecular flexibility index (Phi) is 4.77. The van der Waals surface area contributed by atoms with E-state index in [-0.39, 0.29) is 6.79 Å². The summed E-state index contributed by atoms with van der Waals surface area (Å²) in [5, 5.41) is 1.02. The molecule has 3 heterocycles. The van der Waals surface area contributed by atoms with Crippen molar-refractivity contribution in [3.8, 4) is 28.0 Å². The average Bonchev–Trinajstić information content (AvgIpc) is 2.73. The topological polar surface area (TPSA) is 57.1 Å². The zero-order chi connectivity index (χ0) is 18.6. The predicted molar refractivity (Wildman–Crippen MR) is 105 cm³/mol. The second kappa shape index (κ2) is 7.51. The summed E-state index contributed by atoms with van der Waals surface area (Å²) in [6.45, 7) is 2.13. The normalized spacial score (nSPS) is 10.9. The molecule has 4 aromatic rings. The highest BCUT2D eigenvalue weighted by Gasteiger charge is 2.17. The van der Waals surface area contributed by atoms with E-state index in [0.29, 0.717) is 5.75 Å². The third kappa shape index (κ3) is 3.37. The highest BCUT2D eigenvalue weighted by molar-refractivity contribution is 6.03. The van der Waals surface area contributed by atoms with E-state index in [1.165, 1.54) is 0 Å². The summed E-state index contributed by atoms with van der Waals surface area (Å²) in [7, 11) is 1.61. The lowest BCUT2D eigenvalue weighted by Gasteiger charge is -2.17. The van der Waals surface area contributed by atoms with E-state index in [9.17, 15) is 0 Å². The monoisotopic (exact) mass is 357 g/mol. The Hall–Kier alpha value is -3.31. The lowest BCUT2D eigenvalue weighted by molar-refractivity contribution is 0.0525. The van der Waals surface area contributed by atoms with Crippen molar-refractivity contribution < 1.29 is 9.47 Å². The first-order valence-corrected chi connectivity index (χ1v) is 8.65. The van der Waals surface area contributed by atoms with Crippen LogP contribution in [0.25, 0.3) is 33.2 Å². The first-order valence-electron chi connectivity index (χ1n) is 8.65. The van der Waals surface area contributed by atoms with Gasteiger partial charge in [0.1, 0.15) is 5.52 Å². The van der Waals surface area contributed by atoms with Gasteiger partial charge in [0.25, 0.3) is 0 Å². The van der Waals surface area contributed by atoms with Crippen molar-refractivity contribution in [2.75, 3.05) is 13.9 Å². The molecule has 0 aliphatic rings. The largest absolute Gasteiger partial charge is 0.465 e. The van der Waals surface area contributed by atoms with Crippen LogP contribution in [0.2, 0.25) is 0 Å². The minimum absolute atomic E-state index is 0.150. The van der Waals surface area contributed by atoms with Gasteiger partial charge in [0.2, 0.25) is 0 Å². The van der Waals surface area contributed by atoms with Crippen molar-refractivity contribution in [2.24, 2.45) is 0 Å². The summed E-state index contributed by atoms with van der Waals surface area (Å²) < 4.78 is 11.1. The van der Waals surface area contributed by atoms with Gasteiger partial charge in [0, 0.05) is 48.5 Å². The number of ether oxygens (including phenoxy) is 2. The maximum Gasteiger partial charge on any atom is 0.188 e. The van der Waals surface area contributed by atoms with E-state index in [2.05, 4.69) is 22.1 Å². The van der Waals surface area contributed by atoms with Gasteiger partial charge < -0.3 is 9.47 Å². The molecule has 3 aromatic heterocycles. The van der Waals surface area contributed by atoms with Crippen LogP contribution in [-0.4, -0.2) is 28.9 Å². The quantitative estimate of drug-likeness (QED) is 0.487. The van der Waals surface area contributed by atoms with Crippen molar-refractivity contribution in [3.63, 3.8) is 0 Å². The molecule has 0 aliphatic heterocycles. The van der Waals surface area contributed by atoms with Crippen molar-refractivity contribution in [1.29, 1.82) is 0 Å². The number of benzene rings is 1. The summed E-state index contributed by atoms with van der Waals surface area (Å²) >= 11 is 0. The number of nitrogens with zero attached hydrogens (tertiary/aromatic N) is 3. The zero-order valence-corrected chi connectivity index (χ0v) is 15.2. The standard InChI is InChI=1S/C22H19N3O2/c1-15-3-4-18-19(16-5-9-23-10-6-16)13-20(17-7-11-24-12-8-17)22(21(18)25-15)27-14-26-2/h3-13H,14H2,1-2H3. The Morgan fingerprint density at radius 1 is 0.815 bits per heavy atom. The molecule has 5 nitrogen and oxygen atoms in total. The van der Waals surface area contributed by atoms with Crippen LogP contribution in [0.1, 0.15) is 5.69 Å². The molecule has 27 heavy (non-hydrogen) atoms. The number of fused-ring (bicyclic) bond motifs is 1. The molecule has 0 saturated carbocycles. The number of hydrogen-bond donors (Lipinski definition) is 0. The second-order valence-corrected chi connectivity index (χ2v) is 6.17. The fraction of sp³-hybridized carbons (Fsp3) is 0.136. The molecule has 4 rings (SSSR count). The van der Waals surface area contributed by atoms with Crippen LogP contribution in [0, 0.1) is 6.92 Å². The van der Waals surface area contributed by atoms with Crippen LogP contribution >= 0.6 is 0 Å². The molecule has 5 heteroatoms. The molecule has 134 valence electrons. The van der Waals surface area contributed by atoms with E-state index in [1.54, 1.807) is 31.9 Å². The van der Waals surface area contributed by atoms with Crippen molar-refractivity contribution in [3.05, 3.63) is 72.9 Å². The molecule has 0 aliphatic carbocycles. The molecule has 0 saturated heterocycles. The smallest absolute Gasteiger partial charge is 0.188 e. The molecular weight excluding hydrogens is 338 g/mol. The first-order chi connectivity index (χ1) is 13.3. The Bertz CT molecular complexity index is 1070. The molecule has 0 radical (unpaired) electrons. The summed E-state index contributed by atoms with van der Waals surface area (Å²) in [5.41, 5.74) is 5.86. The summed E-state index contributed by atoms with van der Waals surface area (Å²) in [5.74, 6) is 0.708. The van der Waals surface area contributed by atoms with Crippen LogP contribution in [0.5, 0.6) is 5.75 Å². The van der Waals surface area contributed by atoms with Gasteiger partial charge in [-0.3, -0.25) is 9.97 Å². The minimum Gasteiger partial charge on any atom is -0.465 e. The molecule has 0 spiro atoms. The molecule has 0 N–H and O–H groups in total. The van der Waals surface area contributed by atoms with Gasteiger partial charge >= 0.3 is 0 Å². The fourth-order valence-corrected chi connectivity index (χ4v) is 3.14. The molecular formula is C22H19N3O2. The number of pyridine rings is 3. The SMILES string of the molecule is COCOc1c(-c2ccncc2)cc(-c2ccncc2)c2ccc(C)nc12. The minimum atomic E-state index is 0.150. The lowest BCUT2D eigenvalue weighted by Crippen LogP contribution is -2.03. The van der Waals surface area contributed by atoms with Crippen LogP contribution in [0.4, 0.5) is 0 Å². The van der Waals surface area contributed by atoms with Crippen LogP contribution in [0.3, 0.4) is 0 Å². The highest BCUT2D eigenvalue weighted by Crippen LogP contribution is 2.41. The van der Waals surface area contributed by atoms with E-state index in [0.717, 1.165) is 38.9 Å². The summed E-state index contributed by atoms with van der Waals surface area (Å²) in [6, 6.07) is 14.2. The maximum absolute atomic E-state index is 5.98. The van der Waals surface area contributed by atoms with Crippen molar-refractivity contribution >= 4 is 10.9 Å². The molecule has 0 fully saturated rings. The Balaban J connectivity index is 2.07. The Morgan fingerprint density at radius 2 is 1.44 bits per heavy atom. The Labute approximate surface area is 157 Å². The number of rotatable bonds is 5. The lowest BCUT2D eigenvalue weighted by atomic mass is 9.94. The van der Waals surface area contributed by atoms with Gasteiger partial charge in [-0.25, -0.2) is 4.98 Å². The second-order valence-electron chi connectivity index (χ2n) is 6.17. The zero-order valence-electron chi connectivity index (χ0n) is 15.2.